The van der Waals surface area contributed by atoms with Gasteiger partial charge in [-0.25, -0.2) is 0 Å². The molecule has 0 amide bonds. The molecule has 3 heteroatoms. The Bertz CT molecular complexity index is 370. The average molecular weight is 250 g/mol. The van der Waals surface area contributed by atoms with Crippen molar-refractivity contribution in [3.63, 3.8) is 0 Å². The summed E-state index contributed by atoms with van der Waals surface area (Å²) >= 11 is 2.05. The van der Waals surface area contributed by atoms with Crippen molar-refractivity contribution in [3.05, 3.63) is 29.3 Å². The Labute approximate surface area is 109 Å². The van der Waals surface area contributed by atoms with Crippen LogP contribution in [0.2, 0.25) is 0 Å². The third-order valence-corrected chi connectivity index (χ3v) is 4.11. The number of hydrogen-bond donors (Lipinski definition) is 1. The van der Waals surface area contributed by atoms with Crippen LogP contribution >= 0.6 is 11.8 Å². The number of thioether (sulfide) groups is 1. The number of anilines is 1. The third-order valence-electron chi connectivity index (χ3n) is 3.17. The lowest BCUT2D eigenvalue weighted by atomic mass is 10.0. The van der Waals surface area contributed by atoms with Gasteiger partial charge in [0.05, 0.1) is 0 Å². The molecule has 1 aromatic carbocycles. The van der Waals surface area contributed by atoms with E-state index in [1.165, 1.54) is 41.4 Å². The van der Waals surface area contributed by atoms with E-state index in [9.17, 15) is 0 Å². The number of nitrogens with zero attached hydrogens (tertiary/aromatic N) is 1. The standard InChI is InChI=1S/C14H22N2S/c1-11-9-13(10-12(2)15)3-4-14(11)16-5-7-17-8-6-16/h3-4,9,12H,5-8,10,15H2,1-2H3. The van der Waals surface area contributed by atoms with E-state index in [1.54, 1.807) is 0 Å². The van der Waals surface area contributed by atoms with E-state index in [0.29, 0.717) is 0 Å². The molecular weight excluding hydrogens is 228 g/mol. The first-order valence-corrected chi connectivity index (χ1v) is 7.50. The monoisotopic (exact) mass is 250 g/mol. The molecule has 1 aliphatic heterocycles. The van der Waals surface area contributed by atoms with Crippen LogP contribution in [0.1, 0.15) is 18.1 Å². The molecule has 2 N–H and O–H groups in total. The minimum atomic E-state index is 0.242. The van der Waals surface area contributed by atoms with Gasteiger partial charge in [0.2, 0.25) is 0 Å². The molecule has 0 aromatic heterocycles. The van der Waals surface area contributed by atoms with Gasteiger partial charge >= 0.3 is 0 Å². The molecule has 0 radical (unpaired) electrons. The first kappa shape index (κ1) is 12.8. The Morgan fingerprint density at radius 3 is 2.65 bits per heavy atom. The zero-order valence-corrected chi connectivity index (χ0v) is 11.6. The summed E-state index contributed by atoms with van der Waals surface area (Å²) in [5.41, 5.74) is 9.98. The first-order chi connectivity index (χ1) is 8.16. The fraction of sp³-hybridized carbons (Fsp3) is 0.571. The van der Waals surface area contributed by atoms with Crippen LogP contribution in [0.5, 0.6) is 0 Å². The highest BCUT2D eigenvalue weighted by atomic mass is 32.2. The van der Waals surface area contributed by atoms with Gasteiger partial charge in [-0.3, -0.25) is 0 Å². The molecule has 94 valence electrons. The van der Waals surface area contributed by atoms with Gasteiger partial charge in [0.15, 0.2) is 0 Å². The van der Waals surface area contributed by atoms with Gasteiger partial charge in [-0.2, -0.15) is 11.8 Å². The van der Waals surface area contributed by atoms with Crippen molar-refractivity contribution in [1.82, 2.24) is 0 Å². The fourth-order valence-corrected chi connectivity index (χ4v) is 3.28. The molecule has 1 heterocycles. The summed E-state index contributed by atoms with van der Waals surface area (Å²) in [4.78, 5) is 2.50. The summed E-state index contributed by atoms with van der Waals surface area (Å²) in [6.45, 7) is 6.63. The molecule has 0 aliphatic carbocycles. The van der Waals surface area contributed by atoms with Crippen molar-refractivity contribution in [3.8, 4) is 0 Å². The molecular formula is C14H22N2S. The molecule has 2 nitrogen and oxygen atoms in total. The van der Waals surface area contributed by atoms with Gasteiger partial charge < -0.3 is 10.6 Å². The van der Waals surface area contributed by atoms with Gasteiger partial charge in [0.25, 0.3) is 0 Å². The molecule has 17 heavy (non-hydrogen) atoms. The normalized spacial score (nSPS) is 18.2. The predicted molar refractivity (Wildman–Crippen MR) is 78.1 cm³/mol. The Balaban J connectivity index is 2.13. The van der Waals surface area contributed by atoms with E-state index < -0.39 is 0 Å². The van der Waals surface area contributed by atoms with Gasteiger partial charge in [0.1, 0.15) is 0 Å². The lowest BCUT2D eigenvalue weighted by Gasteiger charge is -2.30. The summed E-state index contributed by atoms with van der Waals surface area (Å²) < 4.78 is 0. The summed E-state index contributed by atoms with van der Waals surface area (Å²) in [6, 6.07) is 7.03. The molecule has 0 saturated carbocycles. The second-order valence-electron chi connectivity index (χ2n) is 4.90. The van der Waals surface area contributed by atoms with Crippen molar-refractivity contribution in [2.75, 3.05) is 29.5 Å². The number of aryl methyl sites for hydroxylation is 1. The van der Waals surface area contributed by atoms with Crippen molar-refractivity contribution in [1.29, 1.82) is 0 Å². The molecule has 1 unspecified atom stereocenters. The fourth-order valence-electron chi connectivity index (χ4n) is 2.38. The number of rotatable bonds is 3. The van der Waals surface area contributed by atoms with Crippen LogP contribution in [0.4, 0.5) is 5.69 Å². The van der Waals surface area contributed by atoms with E-state index in [4.69, 9.17) is 5.73 Å². The first-order valence-electron chi connectivity index (χ1n) is 6.34. The molecule has 0 spiro atoms. The second-order valence-corrected chi connectivity index (χ2v) is 6.13. The van der Waals surface area contributed by atoms with Gasteiger partial charge in [-0.15, -0.1) is 0 Å². The van der Waals surface area contributed by atoms with Crippen LogP contribution in [0.25, 0.3) is 0 Å². The molecule has 1 fully saturated rings. The maximum atomic E-state index is 5.84. The minimum absolute atomic E-state index is 0.242. The maximum Gasteiger partial charge on any atom is 0.0396 e. The molecule has 1 saturated heterocycles. The van der Waals surface area contributed by atoms with Crippen molar-refractivity contribution < 1.29 is 0 Å². The maximum absolute atomic E-state index is 5.84. The predicted octanol–water partition coefficient (Wildman–Crippen LogP) is 2.44. The average Bonchev–Trinajstić information content (AvgIpc) is 2.29. The molecule has 0 bridgehead atoms. The quantitative estimate of drug-likeness (QED) is 0.893. The summed E-state index contributed by atoms with van der Waals surface area (Å²) in [5.74, 6) is 2.50. The molecule has 1 atom stereocenters. The highest BCUT2D eigenvalue weighted by Crippen LogP contribution is 2.24. The van der Waals surface area contributed by atoms with E-state index in [1.807, 2.05) is 0 Å². The Kier molecular flexibility index (Phi) is 4.35. The van der Waals surface area contributed by atoms with Crippen LogP contribution in [-0.4, -0.2) is 30.6 Å². The SMILES string of the molecule is Cc1cc(CC(C)N)ccc1N1CCSCC1. The van der Waals surface area contributed by atoms with Crippen LogP contribution in [0.15, 0.2) is 18.2 Å². The topological polar surface area (TPSA) is 29.3 Å². The Morgan fingerprint density at radius 1 is 1.35 bits per heavy atom. The lowest BCUT2D eigenvalue weighted by molar-refractivity contribution is 0.737. The van der Waals surface area contributed by atoms with Crippen LogP contribution in [-0.2, 0) is 6.42 Å². The summed E-state index contributed by atoms with van der Waals surface area (Å²) in [7, 11) is 0. The highest BCUT2D eigenvalue weighted by Gasteiger charge is 2.13. The zero-order valence-electron chi connectivity index (χ0n) is 10.8. The van der Waals surface area contributed by atoms with Gasteiger partial charge in [0, 0.05) is 36.3 Å². The number of nitrogens with two attached hydrogens (primary N) is 1. The van der Waals surface area contributed by atoms with Crippen LogP contribution in [0.3, 0.4) is 0 Å². The van der Waals surface area contributed by atoms with Crippen LogP contribution < -0.4 is 10.6 Å². The summed E-state index contributed by atoms with van der Waals surface area (Å²) in [6.07, 6.45) is 0.969. The van der Waals surface area contributed by atoms with Crippen molar-refractivity contribution >= 4 is 17.4 Å². The van der Waals surface area contributed by atoms with Crippen molar-refractivity contribution in [2.24, 2.45) is 5.73 Å². The Hall–Kier alpha value is -0.670. The number of benzene rings is 1. The molecule has 2 rings (SSSR count). The van der Waals surface area contributed by atoms with E-state index in [2.05, 4.69) is 48.7 Å². The molecule has 1 aliphatic rings. The Morgan fingerprint density at radius 2 is 2.06 bits per heavy atom. The highest BCUT2D eigenvalue weighted by molar-refractivity contribution is 7.99. The largest absolute Gasteiger partial charge is 0.370 e. The van der Waals surface area contributed by atoms with Gasteiger partial charge in [-0.1, -0.05) is 12.1 Å². The van der Waals surface area contributed by atoms with E-state index in [0.717, 1.165) is 6.42 Å². The van der Waals surface area contributed by atoms with E-state index >= 15 is 0 Å². The van der Waals surface area contributed by atoms with Gasteiger partial charge in [-0.05, 0) is 37.5 Å². The zero-order chi connectivity index (χ0) is 12.3. The second kappa shape index (κ2) is 5.78. The van der Waals surface area contributed by atoms with Crippen molar-refractivity contribution in [2.45, 2.75) is 26.3 Å². The lowest BCUT2D eigenvalue weighted by Crippen LogP contribution is -2.32. The van der Waals surface area contributed by atoms with E-state index in [-0.39, 0.29) is 6.04 Å². The minimum Gasteiger partial charge on any atom is -0.370 e. The smallest absolute Gasteiger partial charge is 0.0396 e. The molecule has 1 aromatic rings. The summed E-state index contributed by atoms with van der Waals surface area (Å²) in [5, 5.41) is 0. The third kappa shape index (κ3) is 3.39. The van der Waals surface area contributed by atoms with Crippen LogP contribution in [0, 0.1) is 6.92 Å². The number of hydrogen-bond acceptors (Lipinski definition) is 3.